The lowest BCUT2D eigenvalue weighted by Gasteiger charge is -2.25. The first kappa shape index (κ1) is 18.0. The summed E-state index contributed by atoms with van der Waals surface area (Å²) in [6.45, 7) is 5.06. The number of nitrogens with zero attached hydrogens (tertiary/aromatic N) is 1. The molecule has 0 radical (unpaired) electrons. The van der Waals surface area contributed by atoms with Gasteiger partial charge in [0.25, 0.3) is 0 Å². The van der Waals surface area contributed by atoms with Crippen molar-refractivity contribution < 1.29 is 22.7 Å². The smallest absolute Gasteiger partial charge is 0.243 e. The number of sulfonamides is 1. The van der Waals surface area contributed by atoms with E-state index in [2.05, 4.69) is 5.32 Å². The predicted octanol–water partition coefficient (Wildman–Crippen LogP) is 1.53. The molecule has 2 heterocycles. The average molecular weight is 368 g/mol. The molecule has 0 spiro atoms. The molecule has 1 aromatic carbocycles. The fourth-order valence-corrected chi connectivity index (χ4v) is 4.72. The lowest BCUT2D eigenvalue weighted by atomic mass is 10.2. The van der Waals surface area contributed by atoms with Gasteiger partial charge in [-0.15, -0.1) is 0 Å². The van der Waals surface area contributed by atoms with Gasteiger partial charge < -0.3 is 14.8 Å². The van der Waals surface area contributed by atoms with E-state index in [9.17, 15) is 13.2 Å². The Morgan fingerprint density at radius 2 is 2.04 bits per heavy atom. The van der Waals surface area contributed by atoms with Gasteiger partial charge >= 0.3 is 0 Å². The molecule has 0 saturated carbocycles. The third kappa shape index (κ3) is 3.59. The van der Waals surface area contributed by atoms with Crippen molar-refractivity contribution in [2.45, 2.75) is 50.1 Å². The molecule has 2 aliphatic heterocycles. The van der Waals surface area contributed by atoms with Crippen molar-refractivity contribution in [2.75, 3.05) is 19.8 Å². The van der Waals surface area contributed by atoms with Crippen molar-refractivity contribution >= 4 is 15.9 Å². The van der Waals surface area contributed by atoms with Gasteiger partial charge in [0, 0.05) is 18.7 Å². The largest absolute Gasteiger partial charge is 0.486 e. The van der Waals surface area contributed by atoms with Gasteiger partial charge in [0.1, 0.15) is 19.3 Å². The minimum atomic E-state index is -3.77. The number of hydrogen-bond donors (Lipinski definition) is 1. The minimum Gasteiger partial charge on any atom is -0.486 e. The molecule has 25 heavy (non-hydrogen) atoms. The summed E-state index contributed by atoms with van der Waals surface area (Å²) in [7, 11) is -3.77. The molecule has 7 nitrogen and oxygen atoms in total. The van der Waals surface area contributed by atoms with Gasteiger partial charge in [0.15, 0.2) is 11.5 Å². The van der Waals surface area contributed by atoms with Crippen LogP contribution in [-0.4, -0.2) is 50.5 Å². The second-order valence-corrected chi connectivity index (χ2v) is 8.29. The van der Waals surface area contributed by atoms with E-state index in [4.69, 9.17) is 9.47 Å². The number of carbonyl (C=O) groups is 1. The average Bonchev–Trinajstić information content (AvgIpc) is 3.12. The van der Waals surface area contributed by atoms with Crippen molar-refractivity contribution in [3.8, 4) is 11.5 Å². The normalized spacial score (nSPS) is 21.8. The van der Waals surface area contributed by atoms with Gasteiger partial charge in [-0.1, -0.05) is 6.92 Å². The van der Waals surface area contributed by atoms with Crippen molar-refractivity contribution in [2.24, 2.45) is 0 Å². The number of rotatable bonds is 5. The van der Waals surface area contributed by atoms with E-state index < -0.39 is 16.1 Å². The second-order valence-electron chi connectivity index (χ2n) is 6.40. The molecule has 0 unspecified atom stereocenters. The number of nitrogens with one attached hydrogen (secondary N) is 1. The van der Waals surface area contributed by atoms with Gasteiger partial charge in [-0.3, -0.25) is 4.79 Å². The summed E-state index contributed by atoms with van der Waals surface area (Å²) in [5.41, 5.74) is 0. The summed E-state index contributed by atoms with van der Waals surface area (Å²) in [4.78, 5) is 12.6. The molecular formula is C17H24N2O5S. The van der Waals surface area contributed by atoms with Crippen LogP contribution in [0.3, 0.4) is 0 Å². The first-order chi connectivity index (χ1) is 11.9. The number of amides is 1. The van der Waals surface area contributed by atoms with Crippen molar-refractivity contribution in [3.63, 3.8) is 0 Å². The molecule has 0 bridgehead atoms. The lowest BCUT2D eigenvalue weighted by Crippen LogP contribution is -2.48. The van der Waals surface area contributed by atoms with E-state index in [0.717, 1.165) is 6.42 Å². The van der Waals surface area contributed by atoms with Gasteiger partial charge in [-0.2, -0.15) is 4.31 Å². The van der Waals surface area contributed by atoms with Crippen molar-refractivity contribution in [3.05, 3.63) is 18.2 Å². The maximum absolute atomic E-state index is 13.0. The fraction of sp³-hybridized carbons (Fsp3) is 0.588. The standard InChI is InChI=1S/C17H24N2O5S/c1-3-12(2)18-17(20)14-5-4-8-19(14)25(21,22)13-6-7-15-16(11-13)24-10-9-23-15/h6-7,11-12,14H,3-5,8-10H2,1-2H3,(H,18,20)/t12-,14-/m1/s1. The van der Waals surface area contributed by atoms with E-state index in [0.29, 0.717) is 44.1 Å². The highest BCUT2D eigenvalue weighted by Crippen LogP contribution is 2.34. The molecule has 0 aliphatic carbocycles. The van der Waals surface area contributed by atoms with E-state index in [1.54, 1.807) is 6.07 Å². The summed E-state index contributed by atoms with van der Waals surface area (Å²) >= 11 is 0. The first-order valence-electron chi connectivity index (χ1n) is 8.65. The summed E-state index contributed by atoms with van der Waals surface area (Å²) in [5.74, 6) is 0.734. The quantitative estimate of drug-likeness (QED) is 0.852. The van der Waals surface area contributed by atoms with Crippen LogP contribution in [0.1, 0.15) is 33.1 Å². The van der Waals surface area contributed by atoms with Crippen LogP contribution in [0.2, 0.25) is 0 Å². The van der Waals surface area contributed by atoms with Crippen LogP contribution < -0.4 is 14.8 Å². The van der Waals surface area contributed by atoms with Gasteiger partial charge in [-0.25, -0.2) is 8.42 Å². The zero-order valence-electron chi connectivity index (χ0n) is 14.5. The Balaban J connectivity index is 1.84. The lowest BCUT2D eigenvalue weighted by molar-refractivity contribution is -0.124. The number of ether oxygens (including phenoxy) is 2. The summed E-state index contributed by atoms with van der Waals surface area (Å²) in [6, 6.07) is 3.95. The third-order valence-electron chi connectivity index (χ3n) is 4.63. The topological polar surface area (TPSA) is 84.9 Å². The Bertz CT molecular complexity index is 749. The second kappa shape index (κ2) is 7.21. The highest BCUT2D eigenvalue weighted by atomic mass is 32.2. The van der Waals surface area contributed by atoms with Crippen LogP contribution in [0.15, 0.2) is 23.1 Å². The van der Waals surface area contributed by atoms with Crippen LogP contribution in [0.4, 0.5) is 0 Å². The van der Waals surface area contributed by atoms with E-state index in [-0.39, 0.29) is 16.8 Å². The van der Waals surface area contributed by atoms with Gasteiger partial charge in [-0.05, 0) is 38.3 Å². The maximum atomic E-state index is 13.0. The van der Waals surface area contributed by atoms with Crippen molar-refractivity contribution in [1.82, 2.24) is 9.62 Å². The van der Waals surface area contributed by atoms with Gasteiger partial charge in [0.05, 0.1) is 4.90 Å². The molecule has 2 aliphatic rings. The van der Waals surface area contributed by atoms with Crippen LogP contribution in [0, 0.1) is 0 Å². The Morgan fingerprint density at radius 1 is 1.32 bits per heavy atom. The maximum Gasteiger partial charge on any atom is 0.243 e. The van der Waals surface area contributed by atoms with E-state index >= 15 is 0 Å². The van der Waals surface area contributed by atoms with E-state index in [1.165, 1.54) is 16.4 Å². The molecular weight excluding hydrogens is 344 g/mol. The highest BCUT2D eigenvalue weighted by Gasteiger charge is 2.40. The minimum absolute atomic E-state index is 0.0203. The summed E-state index contributed by atoms with van der Waals surface area (Å²) < 4.78 is 38.3. The Labute approximate surface area is 148 Å². The first-order valence-corrected chi connectivity index (χ1v) is 10.1. The van der Waals surface area contributed by atoms with Crippen LogP contribution >= 0.6 is 0 Å². The number of benzene rings is 1. The Kier molecular flexibility index (Phi) is 5.19. The van der Waals surface area contributed by atoms with Crippen LogP contribution in [0.25, 0.3) is 0 Å². The number of hydrogen-bond acceptors (Lipinski definition) is 5. The molecule has 138 valence electrons. The molecule has 8 heteroatoms. The molecule has 1 saturated heterocycles. The number of carbonyl (C=O) groups excluding carboxylic acids is 1. The number of fused-ring (bicyclic) bond motifs is 1. The van der Waals surface area contributed by atoms with Crippen molar-refractivity contribution in [1.29, 1.82) is 0 Å². The van der Waals surface area contributed by atoms with Crippen LogP contribution in [0.5, 0.6) is 11.5 Å². The van der Waals surface area contributed by atoms with E-state index in [1.807, 2.05) is 13.8 Å². The fourth-order valence-electron chi connectivity index (χ4n) is 3.05. The SMILES string of the molecule is CC[C@@H](C)NC(=O)[C@H]1CCCN1S(=O)(=O)c1ccc2c(c1)OCCO2. The highest BCUT2D eigenvalue weighted by molar-refractivity contribution is 7.89. The van der Waals surface area contributed by atoms with Gasteiger partial charge in [0.2, 0.25) is 15.9 Å². The third-order valence-corrected chi connectivity index (χ3v) is 6.53. The summed E-state index contributed by atoms with van der Waals surface area (Å²) in [5, 5.41) is 2.89. The Hall–Kier alpha value is -1.80. The molecule has 1 fully saturated rings. The summed E-state index contributed by atoms with van der Waals surface area (Å²) in [6.07, 6.45) is 2.00. The zero-order valence-corrected chi connectivity index (χ0v) is 15.3. The predicted molar refractivity (Wildman–Crippen MR) is 92.2 cm³/mol. The van der Waals surface area contributed by atoms with Crippen LogP contribution in [-0.2, 0) is 14.8 Å². The molecule has 1 amide bonds. The Morgan fingerprint density at radius 3 is 2.76 bits per heavy atom. The molecule has 0 aromatic heterocycles. The molecule has 1 N–H and O–H groups in total. The molecule has 1 aromatic rings. The monoisotopic (exact) mass is 368 g/mol. The molecule has 2 atom stereocenters. The molecule has 3 rings (SSSR count). The zero-order chi connectivity index (χ0) is 18.0.